The van der Waals surface area contributed by atoms with Crippen LogP contribution in [0.5, 0.6) is 0 Å². The quantitative estimate of drug-likeness (QED) is 0.638. The van der Waals surface area contributed by atoms with Crippen molar-refractivity contribution >= 4 is 40.7 Å². The predicted molar refractivity (Wildman–Crippen MR) is 77.2 cm³/mol. The molecule has 1 fully saturated rings. The van der Waals surface area contributed by atoms with Crippen molar-refractivity contribution < 1.29 is 13.9 Å². The third-order valence-corrected chi connectivity index (χ3v) is 3.58. The van der Waals surface area contributed by atoms with Gasteiger partial charge in [-0.1, -0.05) is 34.8 Å². The molecule has 0 bridgehead atoms. The van der Waals surface area contributed by atoms with Gasteiger partial charge in [0.1, 0.15) is 6.17 Å². The second-order valence-electron chi connectivity index (χ2n) is 4.47. The molecule has 1 aromatic heterocycles. The Morgan fingerprint density at radius 3 is 2.85 bits per heavy atom. The van der Waals surface area contributed by atoms with E-state index in [4.69, 9.17) is 44.0 Å². The first-order chi connectivity index (χ1) is 9.47. The molecule has 0 aromatic carbocycles. The van der Waals surface area contributed by atoms with Crippen LogP contribution in [0.25, 0.3) is 0 Å². The summed E-state index contributed by atoms with van der Waals surface area (Å²) in [5.74, 6) is -0.297. The highest BCUT2D eigenvalue weighted by molar-refractivity contribution is 6.68. The minimum absolute atomic E-state index is 0.0744. The average Bonchev–Trinajstić information content (AvgIpc) is 3.04. The van der Waals surface area contributed by atoms with Gasteiger partial charge in [0.2, 0.25) is 3.79 Å². The smallest absolute Gasteiger partial charge is 0.288 e. The van der Waals surface area contributed by atoms with E-state index in [9.17, 15) is 4.79 Å². The molecule has 1 amide bonds. The molecule has 2 atom stereocenters. The number of rotatable bonds is 5. The zero-order valence-corrected chi connectivity index (χ0v) is 12.8. The lowest BCUT2D eigenvalue weighted by molar-refractivity contribution is 0.0872. The van der Waals surface area contributed by atoms with E-state index in [0.717, 1.165) is 19.4 Å². The van der Waals surface area contributed by atoms with Crippen LogP contribution in [0.2, 0.25) is 0 Å². The van der Waals surface area contributed by atoms with Crippen molar-refractivity contribution in [1.29, 1.82) is 0 Å². The maximum absolute atomic E-state index is 11.9. The van der Waals surface area contributed by atoms with E-state index in [0.29, 0.717) is 6.54 Å². The normalized spacial score (nSPS) is 20.9. The monoisotopic (exact) mass is 340 g/mol. The van der Waals surface area contributed by atoms with Crippen molar-refractivity contribution in [2.75, 3.05) is 13.2 Å². The molecule has 5 nitrogen and oxygen atoms in total. The number of hydrogen-bond donors (Lipinski definition) is 2. The van der Waals surface area contributed by atoms with E-state index >= 15 is 0 Å². The molecule has 1 aliphatic rings. The molecule has 0 saturated carbocycles. The van der Waals surface area contributed by atoms with Crippen LogP contribution in [0.1, 0.15) is 23.4 Å². The summed E-state index contributed by atoms with van der Waals surface area (Å²) in [6.45, 7) is 1.24. The first kappa shape index (κ1) is 15.9. The number of halogens is 3. The third-order valence-electron chi connectivity index (χ3n) is 2.92. The molecule has 20 heavy (non-hydrogen) atoms. The molecule has 0 aliphatic carbocycles. The van der Waals surface area contributed by atoms with Crippen LogP contribution in [0.15, 0.2) is 22.8 Å². The van der Waals surface area contributed by atoms with E-state index in [1.165, 1.54) is 12.3 Å². The lowest BCUT2D eigenvalue weighted by Crippen LogP contribution is -2.54. The molecule has 8 heteroatoms. The van der Waals surface area contributed by atoms with Crippen molar-refractivity contribution in [2.45, 2.75) is 28.9 Å². The van der Waals surface area contributed by atoms with Gasteiger partial charge in [0.25, 0.3) is 5.91 Å². The van der Waals surface area contributed by atoms with Crippen molar-refractivity contribution in [3.05, 3.63) is 24.2 Å². The van der Waals surface area contributed by atoms with Gasteiger partial charge < -0.3 is 14.5 Å². The minimum Gasteiger partial charge on any atom is -0.459 e. The maximum Gasteiger partial charge on any atom is 0.288 e. The summed E-state index contributed by atoms with van der Waals surface area (Å²) in [7, 11) is 0. The maximum atomic E-state index is 11.9. The van der Waals surface area contributed by atoms with Gasteiger partial charge in [0, 0.05) is 13.2 Å². The number of hydrogen-bond acceptors (Lipinski definition) is 4. The van der Waals surface area contributed by atoms with Gasteiger partial charge in [-0.25, -0.2) is 0 Å². The molecule has 2 N–H and O–H groups in total. The number of carbonyl (C=O) groups excluding carboxylic acids is 1. The summed E-state index contributed by atoms with van der Waals surface area (Å²) in [5, 5.41) is 5.59. The molecule has 2 heterocycles. The Kier molecular flexibility index (Phi) is 5.57. The molecule has 1 aliphatic heterocycles. The molecule has 1 aromatic rings. The molecule has 0 unspecified atom stereocenters. The lowest BCUT2D eigenvalue weighted by Gasteiger charge is -2.27. The largest absolute Gasteiger partial charge is 0.459 e. The molecular formula is C12H15Cl3N2O3. The molecule has 2 rings (SSSR count). The third kappa shape index (κ3) is 4.53. The molecule has 0 radical (unpaired) electrons. The predicted octanol–water partition coefficient (Wildman–Crippen LogP) is 2.47. The van der Waals surface area contributed by atoms with Crippen molar-refractivity contribution in [2.24, 2.45) is 0 Å². The first-order valence-corrected chi connectivity index (χ1v) is 7.36. The van der Waals surface area contributed by atoms with Crippen LogP contribution in [0.4, 0.5) is 0 Å². The van der Waals surface area contributed by atoms with E-state index in [1.54, 1.807) is 6.07 Å². The van der Waals surface area contributed by atoms with Gasteiger partial charge >= 0.3 is 0 Å². The summed E-state index contributed by atoms with van der Waals surface area (Å²) >= 11 is 17.6. The van der Waals surface area contributed by atoms with Crippen molar-refractivity contribution in [1.82, 2.24) is 10.6 Å². The molecule has 0 spiro atoms. The summed E-state index contributed by atoms with van der Waals surface area (Å²) < 4.78 is 8.78. The highest BCUT2D eigenvalue weighted by Gasteiger charge is 2.35. The fourth-order valence-electron chi connectivity index (χ4n) is 1.91. The summed E-state index contributed by atoms with van der Waals surface area (Å²) in [5.41, 5.74) is 0. The number of ether oxygens (including phenoxy) is 1. The Hall–Kier alpha value is -0.460. The van der Waals surface area contributed by atoms with Gasteiger partial charge in [0.15, 0.2) is 5.76 Å². The SMILES string of the molecule is O=C(N[C@@H](NC[C@@H]1CCCO1)C(Cl)(Cl)Cl)c1ccco1. The Balaban J connectivity index is 1.91. The fourth-order valence-corrected chi connectivity index (χ4v) is 2.31. The van der Waals surface area contributed by atoms with Crippen LogP contribution in [-0.2, 0) is 4.74 Å². The topological polar surface area (TPSA) is 63.5 Å². The highest BCUT2D eigenvalue weighted by Crippen LogP contribution is 2.29. The van der Waals surface area contributed by atoms with E-state index in [1.807, 2.05) is 0 Å². The molecule has 112 valence electrons. The minimum atomic E-state index is -1.68. The van der Waals surface area contributed by atoms with Gasteiger partial charge in [0.05, 0.1) is 12.4 Å². The van der Waals surface area contributed by atoms with Crippen molar-refractivity contribution in [3.8, 4) is 0 Å². The van der Waals surface area contributed by atoms with Crippen LogP contribution in [-0.4, -0.2) is 35.1 Å². The summed E-state index contributed by atoms with van der Waals surface area (Å²) in [4.78, 5) is 11.9. The van der Waals surface area contributed by atoms with Gasteiger partial charge in [-0.3, -0.25) is 10.1 Å². The number of carbonyl (C=O) groups is 1. The van der Waals surface area contributed by atoms with Crippen LogP contribution >= 0.6 is 34.8 Å². The fraction of sp³-hybridized carbons (Fsp3) is 0.583. The lowest BCUT2D eigenvalue weighted by atomic mass is 10.2. The zero-order valence-electron chi connectivity index (χ0n) is 10.6. The number of furan rings is 1. The Morgan fingerprint density at radius 2 is 2.30 bits per heavy atom. The van der Waals surface area contributed by atoms with Gasteiger partial charge in [-0.2, -0.15) is 0 Å². The van der Waals surface area contributed by atoms with E-state index in [-0.39, 0.29) is 11.9 Å². The van der Waals surface area contributed by atoms with Crippen LogP contribution in [0, 0.1) is 0 Å². The highest BCUT2D eigenvalue weighted by atomic mass is 35.6. The van der Waals surface area contributed by atoms with E-state index in [2.05, 4.69) is 10.6 Å². The average molecular weight is 342 g/mol. The number of nitrogens with one attached hydrogen (secondary N) is 2. The van der Waals surface area contributed by atoms with Gasteiger partial charge in [-0.15, -0.1) is 0 Å². The van der Waals surface area contributed by atoms with Gasteiger partial charge in [-0.05, 0) is 25.0 Å². The van der Waals surface area contributed by atoms with Crippen LogP contribution < -0.4 is 10.6 Å². The molecular weight excluding hydrogens is 327 g/mol. The Morgan fingerprint density at radius 1 is 1.50 bits per heavy atom. The zero-order chi connectivity index (χ0) is 14.6. The first-order valence-electron chi connectivity index (χ1n) is 6.23. The summed E-state index contributed by atoms with van der Waals surface area (Å²) in [6.07, 6.45) is 2.61. The Bertz CT molecular complexity index is 428. The standard InChI is InChI=1S/C12H15Cl3N2O3/c13-12(14,15)11(16-7-8-3-1-5-19-8)17-10(18)9-4-2-6-20-9/h2,4,6,8,11,16H,1,3,5,7H2,(H,17,18)/t8-,11+/m0/s1. The molecule has 1 saturated heterocycles. The second kappa shape index (κ2) is 7.00. The van der Waals surface area contributed by atoms with E-state index < -0.39 is 15.9 Å². The van der Waals surface area contributed by atoms with Crippen LogP contribution in [0.3, 0.4) is 0 Å². The number of alkyl halides is 3. The number of amides is 1. The van der Waals surface area contributed by atoms with Crippen molar-refractivity contribution in [3.63, 3.8) is 0 Å². The second-order valence-corrected chi connectivity index (χ2v) is 6.84. The Labute approximate surface area is 131 Å². The summed E-state index contributed by atoms with van der Waals surface area (Å²) in [6, 6.07) is 3.14.